The monoisotopic (exact) mass is 287 g/mol. The molecule has 1 fully saturated rings. The molecule has 2 heterocycles. The Morgan fingerprint density at radius 2 is 2.14 bits per heavy atom. The molecule has 2 N–H and O–H groups in total. The summed E-state index contributed by atoms with van der Waals surface area (Å²) in [6.07, 6.45) is 5.52. The normalized spacial score (nSPS) is 15.5. The Labute approximate surface area is 121 Å². The first-order valence-corrected chi connectivity index (χ1v) is 7.09. The molecule has 2 aromatic rings. The summed E-state index contributed by atoms with van der Waals surface area (Å²) in [4.78, 5) is 28.7. The predicted octanol–water partition coefficient (Wildman–Crippen LogP) is 1.38. The van der Waals surface area contributed by atoms with Crippen LogP contribution in [0.5, 0.6) is 5.88 Å². The lowest BCUT2D eigenvalue weighted by atomic mass is 10.2. The van der Waals surface area contributed by atoms with E-state index in [4.69, 9.17) is 0 Å². The third-order valence-corrected chi connectivity index (χ3v) is 3.95. The lowest BCUT2D eigenvalue weighted by molar-refractivity contribution is 0.0932. The SMILES string of the molecule is Cc1cccn2c(=O)c(C(=O)NC3CCCC3)c(O)nc12. The van der Waals surface area contributed by atoms with Crippen molar-refractivity contribution in [2.24, 2.45) is 0 Å². The van der Waals surface area contributed by atoms with E-state index in [0.29, 0.717) is 5.65 Å². The van der Waals surface area contributed by atoms with Gasteiger partial charge in [-0.3, -0.25) is 14.0 Å². The Hall–Kier alpha value is -2.37. The smallest absolute Gasteiger partial charge is 0.274 e. The van der Waals surface area contributed by atoms with Crippen molar-refractivity contribution in [3.8, 4) is 5.88 Å². The molecule has 0 radical (unpaired) electrons. The summed E-state index contributed by atoms with van der Waals surface area (Å²) in [5.74, 6) is -1.06. The molecular formula is C15H17N3O3. The minimum Gasteiger partial charge on any atom is -0.493 e. The van der Waals surface area contributed by atoms with Gasteiger partial charge in [0.15, 0.2) is 5.56 Å². The minimum atomic E-state index is -0.548. The number of nitrogens with zero attached hydrogens (tertiary/aromatic N) is 2. The van der Waals surface area contributed by atoms with Crippen molar-refractivity contribution in [2.45, 2.75) is 38.6 Å². The lowest BCUT2D eigenvalue weighted by Crippen LogP contribution is -2.37. The maximum Gasteiger partial charge on any atom is 0.274 e. The summed E-state index contributed by atoms with van der Waals surface area (Å²) in [6.45, 7) is 1.79. The largest absolute Gasteiger partial charge is 0.493 e. The second kappa shape index (κ2) is 5.20. The third kappa shape index (κ3) is 2.37. The summed E-state index contributed by atoms with van der Waals surface area (Å²) in [5.41, 5.74) is 0.284. The minimum absolute atomic E-state index is 0.0782. The van der Waals surface area contributed by atoms with Crippen molar-refractivity contribution in [3.63, 3.8) is 0 Å². The van der Waals surface area contributed by atoms with Gasteiger partial charge in [-0.05, 0) is 31.4 Å². The highest BCUT2D eigenvalue weighted by molar-refractivity contribution is 5.96. The van der Waals surface area contributed by atoms with Crippen molar-refractivity contribution < 1.29 is 9.90 Å². The van der Waals surface area contributed by atoms with Crippen LogP contribution in [0.3, 0.4) is 0 Å². The highest BCUT2D eigenvalue weighted by atomic mass is 16.3. The van der Waals surface area contributed by atoms with Gasteiger partial charge in [-0.1, -0.05) is 18.9 Å². The first kappa shape index (κ1) is 13.6. The Morgan fingerprint density at radius 1 is 1.43 bits per heavy atom. The lowest BCUT2D eigenvalue weighted by Gasteiger charge is -2.13. The van der Waals surface area contributed by atoms with Gasteiger partial charge in [0.25, 0.3) is 11.5 Å². The zero-order valence-corrected chi connectivity index (χ0v) is 11.8. The first-order chi connectivity index (χ1) is 10.1. The number of fused-ring (bicyclic) bond motifs is 1. The van der Waals surface area contributed by atoms with Crippen LogP contribution in [0.1, 0.15) is 41.6 Å². The number of nitrogens with one attached hydrogen (secondary N) is 1. The van der Waals surface area contributed by atoms with Gasteiger partial charge in [-0.15, -0.1) is 0 Å². The Morgan fingerprint density at radius 3 is 2.86 bits per heavy atom. The van der Waals surface area contributed by atoms with E-state index < -0.39 is 17.3 Å². The Bertz CT molecular complexity index is 761. The number of hydrogen-bond donors (Lipinski definition) is 2. The van der Waals surface area contributed by atoms with Crippen LogP contribution in [-0.4, -0.2) is 26.4 Å². The Balaban J connectivity index is 2.06. The molecule has 0 bridgehead atoms. The van der Waals surface area contributed by atoms with E-state index in [-0.39, 0.29) is 11.6 Å². The highest BCUT2D eigenvalue weighted by Gasteiger charge is 2.24. The van der Waals surface area contributed by atoms with Crippen LogP contribution in [0.15, 0.2) is 23.1 Å². The number of aromatic hydroxyl groups is 1. The topological polar surface area (TPSA) is 83.7 Å². The number of amides is 1. The number of carbonyl (C=O) groups is 1. The van der Waals surface area contributed by atoms with Crippen LogP contribution in [0.2, 0.25) is 0 Å². The van der Waals surface area contributed by atoms with E-state index in [9.17, 15) is 14.7 Å². The van der Waals surface area contributed by atoms with Gasteiger partial charge in [0.05, 0.1) is 0 Å². The average Bonchev–Trinajstić information content (AvgIpc) is 2.93. The number of rotatable bonds is 2. The quantitative estimate of drug-likeness (QED) is 0.874. The fourth-order valence-electron chi connectivity index (χ4n) is 2.81. The van der Waals surface area contributed by atoms with Crippen molar-refractivity contribution in [3.05, 3.63) is 39.8 Å². The van der Waals surface area contributed by atoms with Crippen LogP contribution in [0.4, 0.5) is 0 Å². The van der Waals surface area contributed by atoms with E-state index in [0.717, 1.165) is 31.2 Å². The first-order valence-electron chi connectivity index (χ1n) is 7.09. The number of carbonyl (C=O) groups excluding carboxylic acids is 1. The second-order valence-electron chi connectivity index (χ2n) is 5.46. The summed E-state index contributed by atoms with van der Waals surface area (Å²) in [7, 11) is 0. The summed E-state index contributed by atoms with van der Waals surface area (Å²) in [5, 5.41) is 12.8. The van der Waals surface area contributed by atoms with Crippen LogP contribution in [0.25, 0.3) is 5.65 Å². The summed E-state index contributed by atoms with van der Waals surface area (Å²) >= 11 is 0. The van der Waals surface area contributed by atoms with Gasteiger partial charge in [0, 0.05) is 12.2 Å². The maximum absolute atomic E-state index is 12.4. The van der Waals surface area contributed by atoms with E-state index in [2.05, 4.69) is 10.3 Å². The fraction of sp³-hybridized carbons (Fsp3) is 0.400. The second-order valence-corrected chi connectivity index (χ2v) is 5.46. The molecule has 0 aromatic carbocycles. The number of aromatic nitrogens is 2. The molecule has 1 amide bonds. The fourth-order valence-corrected chi connectivity index (χ4v) is 2.81. The molecule has 1 aliphatic rings. The van der Waals surface area contributed by atoms with Gasteiger partial charge < -0.3 is 10.4 Å². The van der Waals surface area contributed by atoms with Crippen LogP contribution >= 0.6 is 0 Å². The molecule has 6 nitrogen and oxygen atoms in total. The molecule has 6 heteroatoms. The molecule has 0 saturated heterocycles. The summed E-state index contributed by atoms with van der Waals surface area (Å²) in [6, 6.07) is 3.58. The van der Waals surface area contributed by atoms with E-state index in [1.165, 1.54) is 4.40 Å². The zero-order chi connectivity index (χ0) is 15.0. The Kier molecular flexibility index (Phi) is 3.37. The molecule has 0 unspecified atom stereocenters. The zero-order valence-electron chi connectivity index (χ0n) is 11.8. The van der Waals surface area contributed by atoms with Gasteiger partial charge in [0.1, 0.15) is 5.65 Å². The molecule has 3 rings (SSSR count). The van der Waals surface area contributed by atoms with Crippen LogP contribution < -0.4 is 10.9 Å². The predicted molar refractivity (Wildman–Crippen MR) is 77.6 cm³/mol. The van der Waals surface area contributed by atoms with E-state index >= 15 is 0 Å². The molecule has 0 atom stereocenters. The summed E-state index contributed by atoms with van der Waals surface area (Å²) < 4.78 is 1.29. The standard InChI is InChI=1S/C15H17N3O3/c1-9-5-4-8-18-12(9)17-14(20)11(15(18)21)13(19)16-10-6-2-3-7-10/h4-5,8,10,20H,2-3,6-7H2,1H3,(H,16,19). The molecule has 21 heavy (non-hydrogen) atoms. The van der Waals surface area contributed by atoms with E-state index in [1.807, 2.05) is 0 Å². The van der Waals surface area contributed by atoms with Crippen molar-refractivity contribution in [2.75, 3.05) is 0 Å². The highest BCUT2D eigenvalue weighted by Crippen LogP contribution is 2.19. The van der Waals surface area contributed by atoms with Crippen LogP contribution in [-0.2, 0) is 0 Å². The molecule has 2 aromatic heterocycles. The molecule has 0 spiro atoms. The molecule has 0 aliphatic heterocycles. The molecule has 1 aliphatic carbocycles. The number of hydrogen-bond acceptors (Lipinski definition) is 4. The maximum atomic E-state index is 12.4. The van der Waals surface area contributed by atoms with E-state index in [1.54, 1.807) is 25.3 Å². The van der Waals surface area contributed by atoms with Gasteiger partial charge in [-0.25, -0.2) is 0 Å². The molecule has 110 valence electrons. The van der Waals surface area contributed by atoms with Crippen molar-refractivity contribution in [1.82, 2.24) is 14.7 Å². The molecule has 1 saturated carbocycles. The van der Waals surface area contributed by atoms with Crippen molar-refractivity contribution in [1.29, 1.82) is 0 Å². The van der Waals surface area contributed by atoms with Crippen LogP contribution in [0, 0.1) is 6.92 Å². The third-order valence-electron chi connectivity index (χ3n) is 3.95. The van der Waals surface area contributed by atoms with Gasteiger partial charge >= 0.3 is 0 Å². The van der Waals surface area contributed by atoms with Gasteiger partial charge in [0.2, 0.25) is 5.88 Å². The molecular weight excluding hydrogens is 270 g/mol. The van der Waals surface area contributed by atoms with Gasteiger partial charge in [-0.2, -0.15) is 4.98 Å². The van der Waals surface area contributed by atoms with Crippen molar-refractivity contribution >= 4 is 11.6 Å². The number of aryl methyl sites for hydroxylation is 1. The number of pyridine rings is 1. The average molecular weight is 287 g/mol.